The molecule has 1 atom stereocenters. The monoisotopic (exact) mass is 223 g/mol. The minimum Gasteiger partial charge on any atom is -0.468 e. The first-order valence-corrected chi connectivity index (χ1v) is 6.56. The van der Waals surface area contributed by atoms with Gasteiger partial charge < -0.3 is 10.1 Å². The lowest BCUT2D eigenvalue weighted by Crippen LogP contribution is -2.38. The van der Waals surface area contributed by atoms with Crippen LogP contribution in [-0.2, 0) is 14.6 Å². The molecule has 1 aliphatic rings. The van der Waals surface area contributed by atoms with Gasteiger partial charge in [-0.05, 0) is 18.6 Å². The highest BCUT2D eigenvalue weighted by Gasteiger charge is 2.18. The molecule has 0 aromatic rings. The number of nitrogens with one attached hydrogen (secondary N) is 1. The van der Waals surface area contributed by atoms with Crippen molar-refractivity contribution in [2.24, 2.45) is 0 Å². The molecular formula is C7H13NO3S2. The molecule has 1 fully saturated rings. The number of ether oxygens (including phenoxy) is 1. The van der Waals surface area contributed by atoms with Crippen LogP contribution < -0.4 is 5.32 Å². The summed E-state index contributed by atoms with van der Waals surface area (Å²) in [5.41, 5.74) is 0. The highest BCUT2D eigenvalue weighted by molar-refractivity contribution is 7.90. The summed E-state index contributed by atoms with van der Waals surface area (Å²) in [6, 6.07) is 0. The van der Waals surface area contributed by atoms with Gasteiger partial charge >= 0.3 is 0 Å². The fraction of sp³-hybridized carbons (Fsp3) is 0.857. The van der Waals surface area contributed by atoms with E-state index in [1.54, 1.807) is 0 Å². The molecule has 0 radical (unpaired) electrons. The smallest absolute Gasteiger partial charge is 0.256 e. The van der Waals surface area contributed by atoms with Crippen molar-refractivity contribution in [1.29, 1.82) is 0 Å². The highest BCUT2D eigenvalue weighted by atomic mass is 32.2. The third-order valence-electron chi connectivity index (χ3n) is 1.82. The van der Waals surface area contributed by atoms with E-state index in [1.807, 2.05) is 0 Å². The van der Waals surface area contributed by atoms with Crippen molar-refractivity contribution in [3.8, 4) is 0 Å². The van der Waals surface area contributed by atoms with Crippen LogP contribution in [0.1, 0.15) is 12.8 Å². The van der Waals surface area contributed by atoms with E-state index in [0.29, 0.717) is 11.6 Å². The SMILES string of the molecule is CS(=O)(=O)CC[C@H]1CCNC(=S)O1. The lowest BCUT2D eigenvalue weighted by atomic mass is 10.2. The predicted molar refractivity (Wildman–Crippen MR) is 54.4 cm³/mol. The summed E-state index contributed by atoms with van der Waals surface area (Å²) in [5.74, 6) is 0.167. The predicted octanol–water partition coefficient (Wildman–Crippen LogP) is 0.0845. The normalized spacial score (nSPS) is 23.5. The van der Waals surface area contributed by atoms with Crippen LogP contribution in [0.2, 0.25) is 0 Å². The van der Waals surface area contributed by atoms with Gasteiger partial charge in [-0.3, -0.25) is 0 Å². The fourth-order valence-corrected chi connectivity index (χ4v) is 2.07. The van der Waals surface area contributed by atoms with Gasteiger partial charge in [0, 0.05) is 19.2 Å². The molecule has 0 aliphatic carbocycles. The maximum absolute atomic E-state index is 10.9. The van der Waals surface area contributed by atoms with Crippen LogP contribution in [0.3, 0.4) is 0 Å². The first kappa shape index (κ1) is 10.7. The molecule has 1 saturated heterocycles. The third kappa shape index (κ3) is 4.42. The molecule has 1 heterocycles. The van der Waals surface area contributed by atoms with Gasteiger partial charge in [0.2, 0.25) is 0 Å². The Morgan fingerprint density at radius 3 is 2.92 bits per heavy atom. The Morgan fingerprint density at radius 2 is 2.38 bits per heavy atom. The summed E-state index contributed by atoms with van der Waals surface area (Å²) >= 11 is 4.81. The minimum absolute atomic E-state index is 0.0384. The molecular weight excluding hydrogens is 210 g/mol. The average Bonchev–Trinajstić information content (AvgIpc) is 2.00. The zero-order valence-electron chi connectivity index (χ0n) is 7.45. The summed E-state index contributed by atoms with van der Waals surface area (Å²) in [6.07, 6.45) is 2.53. The summed E-state index contributed by atoms with van der Waals surface area (Å²) in [7, 11) is -2.88. The van der Waals surface area contributed by atoms with Gasteiger partial charge in [-0.15, -0.1) is 0 Å². The molecule has 4 nitrogen and oxygen atoms in total. The van der Waals surface area contributed by atoms with Crippen LogP contribution in [0.15, 0.2) is 0 Å². The first-order chi connectivity index (χ1) is 5.97. The molecule has 1 aliphatic heterocycles. The number of hydrogen-bond acceptors (Lipinski definition) is 4. The van der Waals surface area contributed by atoms with Gasteiger partial charge in [0.05, 0.1) is 5.75 Å². The molecule has 1 rings (SSSR count). The Kier molecular flexibility index (Phi) is 3.49. The Hall–Kier alpha value is -0.360. The maximum Gasteiger partial charge on any atom is 0.256 e. The van der Waals surface area contributed by atoms with Crippen LogP contribution in [0.4, 0.5) is 0 Å². The zero-order chi connectivity index (χ0) is 9.90. The van der Waals surface area contributed by atoms with E-state index in [1.165, 1.54) is 6.26 Å². The third-order valence-corrected chi connectivity index (χ3v) is 3.04. The van der Waals surface area contributed by atoms with E-state index in [2.05, 4.69) is 5.32 Å². The van der Waals surface area contributed by atoms with E-state index in [0.717, 1.165) is 13.0 Å². The van der Waals surface area contributed by atoms with Gasteiger partial charge in [-0.25, -0.2) is 8.42 Å². The summed E-state index contributed by atoms with van der Waals surface area (Å²) < 4.78 is 26.9. The van der Waals surface area contributed by atoms with Gasteiger partial charge in [0.15, 0.2) is 0 Å². The van der Waals surface area contributed by atoms with Crippen molar-refractivity contribution in [3.63, 3.8) is 0 Å². The molecule has 13 heavy (non-hydrogen) atoms. The largest absolute Gasteiger partial charge is 0.468 e. The van der Waals surface area contributed by atoms with E-state index >= 15 is 0 Å². The lowest BCUT2D eigenvalue weighted by Gasteiger charge is -2.24. The molecule has 6 heteroatoms. The first-order valence-electron chi connectivity index (χ1n) is 4.09. The highest BCUT2D eigenvalue weighted by Crippen LogP contribution is 2.09. The molecule has 1 N–H and O–H groups in total. The Morgan fingerprint density at radius 1 is 1.69 bits per heavy atom. The second-order valence-electron chi connectivity index (χ2n) is 3.16. The molecule has 0 aromatic heterocycles. The quantitative estimate of drug-likeness (QED) is 0.687. The Bertz CT molecular complexity index is 286. The topological polar surface area (TPSA) is 55.4 Å². The average molecular weight is 223 g/mol. The lowest BCUT2D eigenvalue weighted by molar-refractivity contribution is 0.151. The van der Waals surface area contributed by atoms with Crippen molar-refractivity contribution < 1.29 is 13.2 Å². The maximum atomic E-state index is 10.9. The van der Waals surface area contributed by atoms with Gasteiger partial charge in [-0.1, -0.05) is 0 Å². The van der Waals surface area contributed by atoms with E-state index in [-0.39, 0.29) is 11.9 Å². The summed E-state index contributed by atoms with van der Waals surface area (Å²) in [5, 5.41) is 3.25. The van der Waals surface area contributed by atoms with Crippen LogP contribution in [-0.4, -0.2) is 38.2 Å². The van der Waals surface area contributed by atoms with Crippen LogP contribution in [0.5, 0.6) is 0 Å². The molecule has 76 valence electrons. The molecule has 0 saturated carbocycles. The van der Waals surface area contributed by atoms with Crippen molar-refractivity contribution in [2.75, 3.05) is 18.6 Å². The van der Waals surface area contributed by atoms with E-state index in [4.69, 9.17) is 17.0 Å². The van der Waals surface area contributed by atoms with Crippen molar-refractivity contribution >= 4 is 27.2 Å². The summed E-state index contributed by atoms with van der Waals surface area (Å²) in [6.45, 7) is 0.771. The molecule has 0 amide bonds. The van der Waals surface area contributed by atoms with E-state index < -0.39 is 9.84 Å². The fourth-order valence-electron chi connectivity index (χ4n) is 1.14. The molecule has 0 spiro atoms. The number of rotatable bonds is 3. The van der Waals surface area contributed by atoms with Crippen molar-refractivity contribution in [1.82, 2.24) is 5.32 Å². The van der Waals surface area contributed by atoms with Gasteiger partial charge in [0.25, 0.3) is 5.17 Å². The van der Waals surface area contributed by atoms with Crippen molar-refractivity contribution in [2.45, 2.75) is 18.9 Å². The van der Waals surface area contributed by atoms with Gasteiger partial charge in [-0.2, -0.15) is 0 Å². The Balaban J connectivity index is 2.33. The number of sulfone groups is 1. The molecule has 0 unspecified atom stereocenters. The Labute approximate surface area is 83.6 Å². The summed E-state index contributed by atoms with van der Waals surface area (Å²) in [4.78, 5) is 0. The molecule has 0 aromatic carbocycles. The zero-order valence-corrected chi connectivity index (χ0v) is 9.08. The molecule has 0 bridgehead atoms. The van der Waals surface area contributed by atoms with Crippen LogP contribution in [0.25, 0.3) is 0 Å². The second-order valence-corrected chi connectivity index (χ2v) is 5.79. The standard InChI is InChI=1S/C7H13NO3S2/c1-13(9,10)5-3-6-2-4-8-7(12)11-6/h6H,2-5H2,1H3,(H,8,12)/t6-/m1/s1. The van der Waals surface area contributed by atoms with E-state index in [9.17, 15) is 8.42 Å². The second kappa shape index (κ2) is 4.23. The number of hydrogen-bond donors (Lipinski definition) is 1. The van der Waals surface area contributed by atoms with Crippen molar-refractivity contribution in [3.05, 3.63) is 0 Å². The number of thiocarbonyl (C=S) groups is 1. The minimum atomic E-state index is -2.88. The van der Waals surface area contributed by atoms with Gasteiger partial charge in [0.1, 0.15) is 15.9 Å². The van der Waals surface area contributed by atoms with Crippen LogP contribution in [0, 0.1) is 0 Å². The van der Waals surface area contributed by atoms with Crippen LogP contribution >= 0.6 is 12.2 Å².